The predicted octanol–water partition coefficient (Wildman–Crippen LogP) is 5.75. The average Bonchev–Trinajstić information content (AvgIpc) is 3.60. The zero-order valence-corrected chi connectivity index (χ0v) is 26.1. The molecule has 3 heterocycles. The lowest BCUT2D eigenvalue weighted by molar-refractivity contribution is -0.134. The maximum Gasteiger partial charge on any atom is 0.241 e. The van der Waals surface area contributed by atoms with E-state index >= 15 is 0 Å². The minimum Gasteiger partial charge on any atom is -0.355 e. The summed E-state index contributed by atoms with van der Waals surface area (Å²) in [5.74, 6) is 0.925. The van der Waals surface area contributed by atoms with Crippen molar-refractivity contribution in [3.8, 4) is 11.1 Å². The number of nitrogens with one attached hydrogen (secondary N) is 1. The number of hydrogen-bond donors (Lipinski definition) is 1. The molecule has 0 spiro atoms. The van der Waals surface area contributed by atoms with Crippen molar-refractivity contribution in [2.24, 2.45) is 13.0 Å². The van der Waals surface area contributed by atoms with Crippen LogP contribution in [-0.2, 0) is 28.0 Å². The number of likely N-dealkylation sites (tertiary alicyclic amines) is 1. The molecule has 6 rings (SSSR count). The van der Waals surface area contributed by atoms with Crippen LogP contribution in [0.5, 0.6) is 0 Å². The molecule has 232 valence electrons. The number of rotatable bonds is 10. The van der Waals surface area contributed by atoms with E-state index in [2.05, 4.69) is 34.7 Å². The Kier molecular flexibility index (Phi) is 9.09. The van der Waals surface area contributed by atoms with Crippen molar-refractivity contribution >= 4 is 39.4 Å². The lowest BCUT2D eigenvalue weighted by Gasteiger charge is -2.31. The van der Waals surface area contributed by atoms with E-state index in [-0.39, 0.29) is 30.1 Å². The van der Waals surface area contributed by atoms with Gasteiger partial charge in [-0.05, 0) is 48.9 Å². The first kappa shape index (κ1) is 30.0. The van der Waals surface area contributed by atoms with Crippen LogP contribution in [0.1, 0.15) is 82.7 Å². The lowest BCUT2D eigenvalue weighted by Crippen LogP contribution is -2.38. The van der Waals surface area contributed by atoms with E-state index in [0.29, 0.717) is 44.8 Å². The van der Waals surface area contributed by atoms with Gasteiger partial charge in [0.15, 0.2) is 0 Å². The largest absolute Gasteiger partial charge is 0.355 e. The number of fused-ring (bicyclic) bond motifs is 2. The first-order valence-corrected chi connectivity index (χ1v) is 16.4. The summed E-state index contributed by atoms with van der Waals surface area (Å²) in [4.78, 5) is 40.2. The quantitative estimate of drug-likeness (QED) is 0.251. The Hall–Kier alpha value is -4.01. The molecular formula is C35H44N6O3. The van der Waals surface area contributed by atoms with Crippen molar-refractivity contribution in [3.05, 3.63) is 48.3 Å². The van der Waals surface area contributed by atoms with Crippen molar-refractivity contribution < 1.29 is 14.4 Å². The van der Waals surface area contributed by atoms with Gasteiger partial charge in [-0.25, -0.2) is 0 Å². The Morgan fingerprint density at radius 3 is 2.52 bits per heavy atom. The summed E-state index contributed by atoms with van der Waals surface area (Å²) in [6, 6.07) is 12.6. The number of piperidine rings is 1. The molecule has 2 amide bonds. The van der Waals surface area contributed by atoms with Crippen molar-refractivity contribution in [1.29, 1.82) is 0 Å². The van der Waals surface area contributed by atoms with Gasteiger partial charge < -0.3 is 10.2 Å². The molecule has 1 N–H and O–H groups in total. The monoisotopic (exact) mass is 596 g/mol. The molecule has 0 bridgehead atoms. The van der Waals surface area contributed by atoms with E-state index in [1.807, 2.05) is 46.6 Å². The molecule has 9 heteroatoms. The van der Waals surface area contributed by atoms with Crippen molar-refractivity contribution in [3.63, 3.8) is 0 Å². The number of hydrogen-bond acceptors (Lipinski definition) is 5. The molecule has 2 fully saturated rings. The second-order valence-electron chi connectivity index (χ2n) is 12.6. The van der Waals surface area contributed by atoms with Gasteiger partial charge in [0.1, 0.15) is 12.3 Å². The van der Waals surface area contributed by atoms with Crippen molar-refractivity contribution in [1.82, 2.24) is 29.8 Å². The molecule has 1 saturated carbocycles. The third kappa shape index (κ3) is 6.42. The molecular weight excluding hydrogens is 552 g/mol. The maximum atomic E-state index is 13.1. The van der Waals surface area contributed by atoms with E-state index in [0.717, 1.165) is 64.3 Å². The lowest BCUT2D eigenvalue weighted by atomic mass is 9.85. The molecule has 44 heavy (non-hydrogen) atoms. The summed E-state index contributed by atoms with van der Waals surface area (Å²) in [5.41, 5.74) is 5.14. The fraction of sp³-hybridized carbons (Fsp3) is 0.514. The highest BCUT2D eigenvalue weighted by molar-refractivity contribution is 5.99. The molecule has 4 aromatic rings. The predicted molar refractivity (Wildman–Crippen MR) is 172 cm³/mol. The third-order valence-electron chi connectivity index (χ3n) is 9.63. The van der Waals surface area contributed by atoms with Crippen LogP contribution in [0.25, 0.3) is 32.9 Å². The number of Topliss-reactive ketones (excluding diaryl/α,β-unsaturated/α-hetero) is 1. The van der Waals surface area contributed by atoms with Crippen LogP contribution >= 0.6 is 0 Å². The molecule has 0 radical (unpaired) electrons. The number of aromatic nitrogens is 4. The zero-order chi connectivity index (χ0) is 30.6. The van der Waals surface area contributed by atoms with Crippen LogP contribution < -0.4 is 5.32 Å². The number of ketones is 1. The Labute approximate surface area is 259 Å². The van der Waals surface area contributed by atoms with Crippen LogP contribution in [0.15, 0.2) is 42.6 Å². The first-order chi connectivity index (χ1) is 21.4. The van der Waals surface area contributed by atoms with Gasteiger partial charge >= 0.3 is 0 Å². The van der Waals surface area contributed by atoms with Gasteiger partial charge in [0, 0.05) is 62.6 Å². The van der Waals surface area contributed by atoms with Gasteiger partial charge in [-0.1, -0.05) is 56.4 Å². The van der Waals surface area contributed by atoms with Crippen LogP contribution in [-0.4, -0.2) is 61.7 Å². The summed E-state index contributed by atoms with van der Waals surface area (Å²) in [7, 11) is 1.95. The van der Waals surface area contributed by atoms with E-state index < -0.39 is 0 Å². The summed E-state index contributed by atoms with van der Waals surface area (Å²) in [5, 5.41) is 14.5. The fourth-order valence-electron chi connectivity index (χ4n) is 7.23. The van der Waals surface area contributed by atoms with Crippen LogP contribution in [0.3, 0.4) is 0 Å². The van der Waals surface area contributed by atoms with E-state index in [9.17, 15) is 14.4 Å². The van der Waals surface area contributed by atoms with Gasteiger partial charge in [0.05, 0.1) is 22.9 Å². The van der Waals surface area contributed by atoms with Crippen molar-refractivity contribution in [2.75, 3.05) is 19.6 Å². The molecule has 9 nitrogen and oxygen atoms in total. The van der Waals surface area contributed by atoms with Crippen molar-refractivity contribution in [2.45, 2.75) is 83.6 Å². The normalized spacial score (nSPS) is 16.5. The summed E-state index contributed by atoms with van der Waals surface area (Å²) in [6.07, 6.45) is 10.8. The summed E-state index contributed by atoms with van der Waals surface area (Å²) < 4.78 is 3.71. The Balaban J connectivity index is 1.21. The van der Waals surface area contributed by atoms with E-state index in [1.165, 1.54) is 19.3 Å². The minimum atomic E-state index is -0.0661. The Bertz CT molecular complexity index is 1660. The molecule has 2 aromatic carbocycles. The van der Waals surface area contributed by atoms with E-state index in [1.54, 1.807) is 0 Å². The number of nitrogens with zero attached hydrogens (tertiary/aromatic N) is 5. The molecule has 1 aliphatic heterocycles. The standard InChI is InChI=1S/C35H44N6O3/c1-3-36-32(43)23-41-30-11-7-10-29(26-12-13-27-22-37-39(2)31(27)21-26)34(30)35(38-41)25-16-18-40(19-17-25)33(44)15-14-28(42)20-24-8-5-4-6-9-24/h7,10-13,21-22,24-25H,3-6,8-9,14-20,23H2,1-2H3,(H,36,43). The topological polar surface area (TPSA) is 102 Å². The minimum absolute atomic E-state index is 0.0661. The first-order valence-electron chi connectivity index (χ1n) is 16.4. The molecule has 0 atom stereocenters. The summed E-state index contributed by atoms with van der Waals surface area (Å²) in [6.45, 7) is 3.93. The number of amides is 2. The van der Waals surface area contributed by atoms with Gasteiger partial charge in [-0.2, -0.15) is 10.2 Å². The maximum absolute atomic E-state index is 13.1. The Morgan fingerprint density at radius 2 is 1.75 bits per heavy atom. The highest BCUT2D eigenvalue weighted by Gasteiger charge is 2.29. The van der Waals surface area contributed by atoms with Gasteiger partial charge in [-0.3, -0.25) is 23.7 Å². The van der Waals surface area contributed by atoms with E-state index in [4.69, 9.17) is 5.10 Å². The van der Waals surface area contributed by atoms with Gasteiger partial charge in [0.25, 0.3) is 0 Å². The Morgan fingerprint density at radius 1 is 0.955 bits per heavy atom. The SMILES string of the molecule is CCNC(=O)Cn1nc(C2CCN(C(=O)CCC(=O)CC3CCCCC3)CC2)c2c(-c3ccc4cnn(C)c4c3)cccc21. The third-order valence-corrected chi connectivity index (χ3v) is 9.63. The average molecular weight is 597 g/mol. The zero-order valence-electron chi connectivity index (χ0n) is 26.1. The molecule has 1 saturated heterocycles. The second kappa shape index (κ2) is 13.3. The second-order valence-corrected chi connectivity index (χ2v) is 12.6. The fourth-order valence-corrected chi connectivity index (χ4v) is 7.23. The number of aryl methyl sites for hydroxylation is 1. The van der Waals surface area contributed by atoms with Crippen LogP contribution in [0, 0.1) is 5.92 Å². The number of likely N-dealkylation sites (N-methyl/N-ethyl adjacent to an activating group) is 1. The molecule has 0 unspecified atom stereocenters. The smallest absolute Gasteiger partial charge is 0.241 e. The van der Waals surface area contributed by atoms with Gasteiger partial charge in [0.2, 0.25) is 11.8 Å². The highest BCUT2D eigenvalue weighted by Crippen LogP contribution is 2.39. The number of carbonyl (C=O) groups is 3. The number of carbonyl (C=O) groups excluding carboxylic acids is 3. The number of benzene rings is 2. The van der Waals surface area contributed by atoms with Crippen LogP contribution in [0.4, 0.5) is 0 Å². The summed E-state index contributed by atoms with van der Waals surface area (Å²) >= 11 is 0. The molecule has 2 aromatic heterocycles. The van der Waals surface area contributed by atoms with Crippen LogP contribution in [0.2, 0.25) is 0 Å². The van der Waals surface area contributed by atoms with Gasteiger partial charge in [-0.15, -0.1) is 0 Å². The molecule has 1 aliphatic carbocycles. The highest BCUT2D eigenvalue weighted by atomic mass is 16.2. The molecule has 2 aliphatic rings.